The van der Waals surface area contributed by atoms with Gasteiger partial charge in [0.2, 0.25) is 0 Å². The van der Waals surface area contributed by atoms with Crippen LogP contribution in [0.15, 0.2) is 23.1 Å². The Labute approximate surface area is 140 Å². The summed E-state index contributed by atoms with van der Waals surface area (Å²) in [6.07, 6.45) is 3.16. The number of sulfonamides is 1. The molecule has 2 N–H and O–H groups in total. The fourth-order valence-corrected chi connectivity index (χ4v) is 5.41. The number of rotatable bonds is 3. The SMILES string of the molecule is NCC1CCCN1C(=O)c1ccc2c(c1)S(=O)(=O)N(C1CC1)C2=O. The summed E-state index contributed by atoms with van der Waals surface area (Å²) in [6, 6.07) is 4.11. The monoisotopic (exact) mass is 349 g/mol. The van der Waals surface area contributed by atoms with Gasteiger partial charge in [-0.15, -0.1) is 0 Å². The zero-order valence-corrected chi connectivity index (χ0v) is 14.0. The zero-order chi connectivity index (χ0) is 17.1. The minimum atomic E-state index is -3.84. The summed E-state index contributed by atoms with van der Waals surface area (Å²) in [5.74, 6) is -0.703. The first-order chi connectivity index (χ1) is 11.4. The summed E-state index contributed by atoms with van der Waals surface area (Å²) in [7, 11) is -3.84. The molecule has 3 aliphatic rings. The topological polar surface area (TPSA) is 101 Å². The summed E-state index contributed by atoms with van der Waals surface area (Å²) in [4.78, 5) is 26.7. The van der Waals surface area contributed by atoms with Gasteiger partial charge in [-0.05, 0) is 43.9 Å². The third-order valence-corrected chi connectivity index (χ3v) is 6.86. The minimum Gasteiger partial charge on any atom is -0.334 e. The van der Waals surface area contributed by atoms with Gasteiger partial charge in [-0.25, -0.2) is 12.7 Å². The number of fused-ring (bicyclic) bond motifs is 1. The third kappa shape index (κ3) is 2.16. The molecule has 1 aliphatic carbocycles. The number of hydrogen-bond acceptors (Lipinski definition) is 5. The number of nitrogens with zero attached hydrogens (tertiary/aromatic N) is 2. The third-order valence-electron chi connectivity index (χ3n) is 4.98. The average molecular weight is 349 g/mol. The van der Waals surface area contributed by atoms with Crippen molar-refractivity contribution in [1.82, 2.24) is 9.21 Å². The predicted octanol–water partition coefficient (Wildman–Crippen LogP) is 0.557. The number of nitrogens with two attached hydrogens (primary N) is 1. The Morgan fingerprint density at radius 3 is 2.67 bits per heavy atom. The molecule has 0 aromatic heterocycles. The molecule has 2 aliphatic heterocycles. The van der Waals surface area contributed by atoms with E-state index in [1.54, 1.807) is 4.90 Å². The molecule has 7 nitrogen and oxygen atoms in total. The summed E-state index contributed by atoms with van der Waals surface area (Å²) in [5, 5.41) is 0. The number of benzene rings is 1. The van der Waals surface area contributed by atoms with Crippen LogP contribution in [0.2, 0.25) is 0 Å². The second-order valence-electron chi connectivity index (χ2n) is 6.58. The average Bonchev–Trinajstić information content (AvgIpc) is 3.22. The van der Waals surface area contributed by atoms with Crippen LogP contribution in [0.1, 0.15) is 46.4 Å². The molecule has 2 amide bonds. The number of hydrogen-bond donors (Lipinski definition) is 1. The minimum absolute atomic E-state index is 0.00745. The maximum atomic E-state index is 12.7. The maximum Gasteiger partial charge on any atom is 0.269 e. The van der Waals surface area contributed by atoms with E-state index in [0.717, 1.165) is 17.1 Å². The van der Waals surface area contributed by atoms with Crippen LogP contribution >= 0.6 is 0 Å². The zero-order valence-electron chi connectivity index (χ0n) is 13.1. The second kappa shape index (κ2) is 5.29. The van der Waals surface area contributed by atoms with Crippen molar-refractivity contribution in [3.05, 3.63) is 29.3 Å². The van der Waals surface area contributed by atoms with Gasteiger partial charge in [0, 0.05) is 30.7 Å². The van der Waals surface area contributed by atoms with E-state index in [1.807, 2.05) is 0 Å². The fraction of sp³-hybridized carbons (Fsp3) is 0.500. The standard InChI is InChI=1S/C16H19N3O4S/c17-9-12-2-1-7-18(12)15(20)10-3-6-13-14(8-10)24(22,23)19(16(13)21)11-4-5-11/h3,6,8,11-12H,1-2,4-5,7,9,17H2. The van der Waals surface area contributed by atoms with Gasteiger partial charge in [0.15, 0.2) is 0 Å². The molecule has 1 saturated heterocycles. The van der Waals surface area contributed by atoms with E-state index in [2.05, 4.69) is 0 Å². The maximum absolute atomic E-state index is 12.7. The van der Waals surface area contributed by atoms with Crippen LogP contribution in [-0.4, -0.2) is 54.6 Å². The lowest BCUT2D eigenvalue weighted by Gasteiger charge is -2.23. The molecular formula is C16H19N3O4S. The van der Waals surface area contributed by atoms with Gasteiger partial charge in [0.05, 0.1) is 5.56 Å². The van der Waals surface area contributed by atoms with Gasteiger partial charge >= 0.3 is 0 Å². The van der Waals surface area contributed by atoms with E-state index in [1.165, 1.54) is 18.2 Å². The molecule has 0 bridgehead atoms. The quantitative estimate of drug-likeness (QED) is 0.859. The number of likely N-dealkylation sites (tertiary alicyclic amines) is 1. The first kappa shape index (κ1) is 15.6. The second-order valence-corrected chi connectivity index (χ2v) is 8.36. The van der Waals surface area contributed by atoms with Crippen molar-refractivity contribution in [2.75, 3.05) is 13.1 Å². The lowest BCUT2D eigenvalue weighted by Crippen LogP contribution is -2.39. The lowest BCUT2D eigenvalue weighted by molar-refractivity contribution is 0.0740. The molecule has 2 heterocycles. The van der Waals surface area contributed by atoms with Gasteiger partial charge < -0.3 is 10.6 Å². The summed E-state index contributed by atoms with van der Waals surface area (Å²) in [5.41, 5.74) is 6.17. The highest BCUT2D eigenvalue weighted by atomic mass is 32.2. The molecule has 24 heavy (non-hydrogen) atoms. The van der Waals surface area contributed by atoms with Crippen LogP contribution < -0.4 is 5.73 Å². The van der Waals surface area contributed by atoms with E-state index in [-0.39, 0.29) is 28.4 Å². The van der Waals surface area contributed by atoms with Crippen LogP contribution in [0.4, 0.5) is 0 Å². The van der Waals surface area contributed by atoms with Gasteiger partial charge in [-0.1, -0.05) is 0 Å². The number of carbonyl (C=O) groups is 2. The molecule has 0 radical (unpaired) electrons. The molecule has 128 valence electrons. The molecule has 1 saturated carbocycles. The highest BCUT2D eigenvalue weighted by Gasteiger charge is 2.49. The highest BCUT2D eigenvalue weighted by molar-refractivity contribution is 7.90. The molecule has 0 spiro atoms. The fourth-order valence-electron chi connectivity index (χ4n) is 3.56. The lowest BCUT2D eigenvalue weighted by atomic mass is 10.1. The van der Waals surface area contributed by atoms with Crippen LogP contribution in [-0.2, 0) is 10.0 Å². The van der Waals surface area contributed by atoms with Crippen LogP contribution in [0.3, 0.4) is 0 Å². The van der Waals surface area contributed by atoms with Crippen molar-refractivity contribution >= 4 is 21.8 Å². The molecule has 1 aromatic rings. The number of amides is 2. The molecule has 2 fully saturated rings. The van der Waals surface area contributed by atoms with Gasteiger partial charge in [-0.3, -0.25) is 9.59 Å². The Hall–Kier alpha value is -1.93. The Morgan fingerprint density at radius 1 is 1.25 bits per heavy atom. The van der Waals surface area contributed by atoms with Crippen molar-refractivity contribution in [3.63, 3.8) is 0 Å². The van der Waals surface area contributed by atoms with Gasteiger partial charge in [0.1, 0.15) is 4.90 Å². The highest BCUT2D eigenvalue weighted by Crippen LogP contribution is 2.39. The Morgan fingerprint density at radius 2 is 2.00 bits per heavy atom. The summed E-state index contributed by atoms with van der Waals surface area (Å²) < 4.78 is 26.3. The molecular weight excluding hydrogens is 330 g/mol. The van der Waals surface area contributed by atoms with Crippen molar-refractivity contribution < 1.29 is 18.0 Å². The predicted molar refractivity (Wildman–Crippen MR) is 85.9 cm³/mol. The van der Waals surface area contributed by atoms with Gasteiger partial charge in [0.25, 0.3) is 21.8 Å². The Balaban J connectivity index is 1.71. The molecule has 1 atom stereocenters. The first-order valence-electron chi connectivity index (χ1n) is 8.19. The smallest absolute Gasteiger partial charge is 0.269 e. The van der Waals surface area contributed by atoms with E-state index in [9.17, 15) is 18.0 Å². The summed E-state index contributed by atoms with van der Waals surface area (Å²) >= 11 is 0. The van der Waals surface area contributed by atoms with E-state index >= 15 is 0 Å². The largest absolute Gasteiger partial charge is 0.334 e. The Bertz CT molecular complexity index is 832. The van der Waals surface area contributed by atoms with Crippen LogP contribution in [0.25, 0.3) is 0 Å². The normalized spacial score (nSPS) is 25.2. The van der Waals surface area contributed by atoms with Crippen molar-refractivity contribution in [2.45, 2.75) is 42.7 Å². The molecule has 4 rings (SSSR count). The van der Waals surface area contributed by atoms with Crippen molar-refractivity contribution in [3.8, 4) is 0 Å². The van der Waals surface area contributed by atoms with E-state index < -0.39 is 15.9 Å². The number of carbonyl (C=O) groups excluding carboxylic acids is 2. The molecule has 1 unspecified atom stereocenters. The van der Waals surface area contributed by atoms with Crippen LogP contribution in [0, 0.1) is 0 Å². The van der Waals surface area contributed by atoms with Crippen molar-refractivity contribution in [2.24, 2.45) is 5.73 Å². The van der Waals surface area contributed by atoms with Crippen molar-refractivity contribution in [1.29, 1.82) is 0 Å². The first-order valence-corrected chi connectivity index (χ1v) is 9.63. The van der Waals surface area contributed by atoms with Crippen LogP contribution in [0.5, 0.6) is 0 Å². The molecule has 1 aromatic carbocycles. The van der Waals surface area contributed by atoms with Gasteiger partial charge in [-0.2, -0.15) is 0 Å². The molecule has 8 heteroatoms. The summed E-state index contributed by atoms with van der Waals surface area (Å²) in [6.45, 7) is 1.01. The van der Waals surface area contributed by atoms with E-state index in [4.69, 9.17) is 5.73 Å². The Kier molecular flexibility index (Phi) is 3.43. The van der Waals surface area contributed by atoms with E-state index in [0.29, 0.717) is 31.5 Å².